The molecule has 5 heteroatoms. The van der Waals surface area contributed by atoms with Crippen LogP contribution in [0.2, 0.25) is 0 Å². The third-order valence-corrected chi connectivity index (χ3v) is 4.78. The van der Waals surface area contributed by atoms with Crippen LogP contribution in [-0.4, -0.2) is 14.3 Å². The second-order valence-electron chi connectivity index (χ2n) is 4.92. The lowest BCUT2D eigenvalue weighted by atomic mass is 10.1. The molecule has 1 N–H and O–H groups in total. The van der Waals surface area contributed by atoms with Crippen LogP contribution in [0.15, 0.2) is 52.8 Å². The molecule has 3 rings (SSSR count). The summed E-state index contributed by atoms with van der Waals surface area (Å²) in [5, 5.41) is 3.88. The predicted molar refractivity (Wildman–Crippen MR) is 81.8 cm³/mol. The number of nitrogens with one attached hydrogen (secondary N) is 1. The van der Waals surface area contributed by atoms with Crippen molar-refractivity contribution in [3.8, 4) is 0 Å². The minimum atomic E-state index is -3.37. The number of amides is 1. The van der Waals surface area contributed by atoms with Crippen molar-refractivity contribution < 1.29 is 13.2 Å². The molecule has 0 unspecified atom stereocenters. The van der Waals surface area contributed by atoms with Crippen molar-refractivity contribution in [2.45, 2.75) is 11.8 Å². The molecule has 2 aromatic carbocycles. The fraction of sp³-hybridized carbons (Fsp3) is 0.0625. The second kappa shape index (κ2) is 4.86. The number of benzene rings is 2. The summed E-state index contributed by atoms with van der Waals surface area (Å²) in [6, 6.07) is 12.0. The van der Waals surface area contributed by atoms with Gasteiger partial charge in [0.1, 0.15) is 0 Å². The number of anilines is 1. The lowest BCUT2D eigenvalue weighted by molar-refractivity contribution is 0.102. The molecule has 0 aromatic heterocycles. The van der Waals surface area contributed by atoms with Gasteiger partial charge in [0.15, 0.2) is 0 Å². The van der Waals surface area contributed by atoms with Gasteiger partial charge in [-0.05, 0) is 42.8 Å². The molecule has 1 aliphatic heterocycles. The van der Waals surface area contributed by atoms with E-state index in [0.29, 0.717) is 16.8 Å². The molecule has 0 fully saturated rings. The Kier molecular flexibility index (Phi) is 3.14. The summed E-state index contributed by atoms with van der Waals surface area (Å²) < 4.78 is 23.6. The Morgan fingerprint density at radius 2 is 1.76 bits per heavy atom. The smallest absolute Gasteiger partial charge is 0.255 e. The average molecular weight is 299 g/mol. The first-order chi connectivity index (χ1) is 9.95. The number of fused-ring (bicyclic) bond motifs is 1. The summed E-state index contributed by atoms with van der Waals surface area (Å²) in [4.78, 5) is 12.3. The number of carbonyl (C=O) groups is 1. The van der Waals surface area contributed by atoms with Crippen molar-refractivity contribution >= 4 is 27.5 Å². The van der Waals surface area contributed by atoms with E-state index < -0.39 is 9.84 Å². The molecule has 0 spiro atoms. The largest absolute Gasteiger partial charge is 0.322 e. The molecule has 21 heavy (non-hydrogen) atoms. The first-order valence-corrected chi connectivity index (χ1v) is 7.96. The van der Waals surface area contributed by atoms with Crippen molar-refractivity contribution in [2.75, 3.05) is 5.32 Å². The second-order valence-corrected chi connectivity index (χ2v) is 6.72. The maximum absolute atomic E-state index is 12.1. The fourth-order valence-corrected chi connectivity index (χ4v) is 3.37. The van der Waals surface area contributed by atoms with E-state index in [-0.39, 0.29) is 10.8 Å². The zero-order valence-electron chi connectivity index (χ0n) is 11.3. The van der Waals surface area contributed by atoms with E-state index in [9.17, 15) is 13.2 Å². The highest BCUT2D eigenvalue weighted by atomic mass is 32.2. The van der Waals surface area contributed by atoms with Gasteiger partial charge in [-0.2, -0.15) is 0 Å². The topological polar surface area (TPSA) is 63.2 Å². The first-order valence-electron chi connectivity index (χ1n) is 6.41. The van der Waals surface area contributed by atoms with Crippen molar-refractivity contribution in [3.05, 3.63) is 64.6 Å². The van der Waals surface area contributed by atoms with E-state index in [1.165, 1.54) is 11.5 Å². The van der Waals surface area contributed by atoms with Gasteiger partial charge in [0, 0.05) is 16.7 Å². The van der Waals surface area contributed by atoms with Crippen LogP contribution in [0.1, 0.15) is 21.5 Å². The fourth-order valence-electron chi connectivity index (χ4n) is 2.14. The van der Waals surface area contributed by atoms with E-state index in [0.717, 1.165) is 5.56 Å². The Bertz CT molecular complexity index is 850. The summed E-state index contributed by atoms with van der Waals surface area (Å²) in [6.07, 6.45) is 1.55. The zero-order valence-corrected chi connectivity index (χ0v) is 12.1. The monoisotopic (exact) mass is 299 g/mol. The number of sulfone groups is 1. The number of hydrogen-bond donors (Lipinski definition) is 1. The van der Waals surface area contributed by atoms with Gasteiger partial charge in [0.25, 0.3) is 5.91 Å². The minimum Gasteiger partial charge on any atom is -0.322 e. The standard InChI is InChI=1S/C16H13NO3S/c1-11-2-4-13(5-3-11)16(18)17-14-7-6-12-8-9-21(19,20)15(12)10-14/h2-10H,1H3,(H,17,18). The normalized spacial score (nSPS) is 14.7. The van der Waals surface area contributed by atoms with Crippen LogP contribution in [0.4, 0.5) is 5.69 Å². The van der Waals surface area contributed by atoms with E-state index in [1.54, 1.807) is 30.3 Å². The molecular formula is C16H13NO3S. The van der Waals surface area contributed by atoms with E-state index in [2.05, 4.69) is 5.32 Å². The van der Waals surface area contributed by atoms with Gasteiger partial charge in [0.05, 0.1) is 4.90 Å². The molecule has 1 heterocycles. The Balaban J connectivity index is 1.87. The molecule has 106 valence electrons. The highest BCUT2D eigenvalue weighted by Gasteiger charge is 2.21. The van der Waals surface area contributed by atoms with Crippen LogP contribution in [0.5, 0.6) is 0 Å². The summed E-state index contributed by atoms with van der Waals surface area (Å²) in [5.74, 6) is -0.265. The van der Waals surface area contributed by atoms with Gasteiger partial charge in [-0.3, -0.25) is 4.79 Å². The van der Waals surface area contributed by atoms with Crippen LogP contribution < -0.4 is 5.32 Å². The lowest BCUT2D eigenvalue weighted by Crippen LogP contribution is -2.12. The number of aryl methyl sites for hydroxylation is 1. The van der Waals surface area contributed by atoms with Crippen molar-refractivity contribution in [1.82, 2.24) is 0 Å². The maximum atomic E-state index is 12.1. The summed E-state index contributed by atoms with van der Waals surface area (Å²) in [6.45, 7) is 1.94. The summed E-state index contributed by atoms with van der Waals surface area (Å²) in [5.41, 5.74) is 2.71. The molecule has 1 aliphatic rings. The third kappa shape index (κ3) is 2.60. The Hall–Kier alpha value is -2.40. The number of hydrogen-bond acceptors (Lipinski definition) is 3. The van der Waals surface area contributed by atoms with Crippen LogP contribution in [0.3, 0.4) is 0 Å². The van der Waals surface area contributed by atoms with Crippen LogP contribution >= 0.6 is 0 Å². The number of rotatable bonds is 2. The molecule has 0 aliphatic carbocycles. The van der Waals surface area contributed by atoms with E-state index in [1.807, 2.05) is 19.1 Å². The van der Waals surface area contributed by atoms with Crippen molar-refractivity contribution in [2.24, 2.45) is 0 Å². The zero-order chi connectivity index (χ0) is 15.0. The quantitative estimate of drug-likeness (QED) is 0.927. The van der Waals surface area contributed by atoms with E-state index >= 15 is 0 Å². The van der Waals surface area contributed by atoms with Gasteiger partial charge >= 0.3 is 0 Å². The molecule has 0 bridgehead atoms. The highest BCUT2D eigenvalue weighted by Crippen LogP contribution is 2.29. The Labute approximate surface area is 123 Å². The van der Waals surface area contributed by atoms with Crippen molar-refractivity contribution in [3.63, 3.8) is 0 Å². The molecular weight excluding hydrogens is 286 g/mol. The van der Waals surface area contributed by atoms with E-state index in [4.69, 9.17) is 0 Å². The third-order valence-electron chi connectivity index (χ3n) is 3.32. The van der Waals surface area contributed by atoms with Gasteiger partial charge in [-0.15, -0.1) is 0 Å². The molecule has 0 saturated carbocycles. The first kappa shape index (κ1) is 13.6. The molecule has 4 nitrogen and oxygen atoms in total. The SMILES string of the molecule is Cc1ccc(C(=O)Nc2ccc3c(c2)S(=O)(=O)C=C3)cc1. The lowest BCUT2D eigenvalue weighted by Gasteiger charge is -2.07. The predicted octanol–water partition coefficient (Wildman–Crippen LogP) is 3.01. The molecule has 0 atom stereocenters. The van der Waals surface area contributed by atoms with Gasteiger partial charge in [-0.1, -0.05) is 23.8 Å². The maximum Gasteiger partial charge on any atom is 0.255 e. The molecule has 0 saturated heterocycles. The Morgan fingerprint density at radius 1 is 1.05 bits per heavy atom. The minimum absolute atomic E-state index is 0.226. The van der Waals surface area contributed by atoms with Crippen LogP contribution in [0.25, 0.3) is 6.08 Å². The highest BCUT2D eigenvalue weighted by molar-refractivity contribution is 7.94. The van der Waals surface area contributed by atoms with Crippen LogP contribution in [-0.2, 0) is 9.84 Å². The Morgan fingerprint density at radius 3 is 2.48 bits per heavy atom. The molecule has 1 amide bonds. The molecule has 2 aromatic rings. The van der Waals surface area contributed by atoms with Gasteiger partial charge < -0.3 is 5.32 Å². The van der Waals surface area contributed by atoms with Crippen LogP contribution in [0, 0.1) is 6.92 Å². The molecule has 0 radical (unpaired) electrons. The summed E-state index contributed by atoms with van der Waals surface area (Å²) in [7, 11) is -3.37. The average Bonchev–Trinajstić information content (AvgIpc) is 2.75. The van der Waals surface area contributed by atoms with Gasteiger partial charge in [0.2, 0.25) is 9.84 Å². The summed E-state index contributed by atoms with van der Waals surface area (Å²) >= 11 is 0. The van der Waals surface area contributed by atoms with Gasteiger partial charge in [-0.25, -0.2) is 8.42 Å². The number of carbonyl (C=O) groups excluding carboxylic acids is 1. The van der Waals surface area contributed by atoms with Crippen molar-refractivity contribution in [1.29, 1.82) is 0 Å².